The maximum absolute atomic E-state index is 12.8. The molecule has 2 amide bonds. The number of carbonyl (C=O) groups excluding carboxylic acids is 2. The zero-order valence-corrected chi connectivity index (χ0v) is 19.1. The lowest BCUT2D eigenvalue weighted by Crippen LogP contribution is -2.37. The second-order valence-electron chi connectivity index (χ2n) is 8.52. The molecule has 0 fully saturated rings. The van der Waals surface area contributed by atoms with E-state index in [4.69, 9.17) is 0 Å². The minimum Gasteiger partial charge on any atom is -0.326 e. The van der Waals surface area contributed by atoms with Gasteiger partial charge in [-0.15, -0.1) is 0 Å². The lowest BCUT2D eigenvalue weighted by Gasteiger charge is -2.31. The van der Waals surface area contributed by atoms with Gasteiger partial charge in [0.05, 0.1) is 4.90 Å². The highest BCUT2D eigenvalue weighted by Crippen LogP contribution is 2.31. The number of nitrogens with one attached hydrogen (secondary N) is 2. The van der Waals surface area contributed by atoms with Crippen molar-refractivity contribution in [2.45, 2.75) is 45.4 Å². The summed E-state index contributed by atoms with van der Waals surface area (Å²) in [5, 5.41) is 2.74. The average molecular weight is 444 g/mol. The molecule has 31 heavy (non-hydrogen) atoms. The van der Waals surface area contributed by atoms with E-state index in [1.54, 1.807) is 49.1 Å². The Kier molecular flexibility index (Phi) is 6.69. The summed E-state index contributed by atoms with van der Waals surface area (Å²) in [4.78, 5) is 26.0. The van der Waals surface area contributed by atoms with Crippen LogP contribution < -0.4 is 14.9 Å². The molecule has 1 aliphatic heterocycles. The first kappa shape index (κ1) is 22.8. The summed E-state index contributed by atoms with van der Waals surface area (Å²) in [6, 6.07) is 11.3. The van der Waals surface area contributed by atoms with Crippen LogP contribution in [0.3, 0.4) is 0 Å². The molecule has 0 saturated heterocycles. The van der Waals surface area contributed by atoms with Crippen molar-refractivity contribution in [2.24, 2.45) is 11.8 Å². The molecule has 0 radical (unpaired) electrons. The van der Waals surface area contributed by atoms with Crippen molar-refractivity contribution in [3.63, 3.8) is 0 Å². The Labute approximate surface area is 183 Å². The topological polar surface area (TPSA) is 95.6 Å². The van der Waals surface area contributed by atoms with Gasteiger partial charge in [-0.1, -0.05) is 27.7 Å². The normalized spacial score (nSPS) is 14.0. The van der Waals surface area contributed by atoms with Crippen molar-refractivity contribution >= 4 is 38.9 Å². The monoisotopic (exact) mass is 443 g/mol. The Hall–Kier alpha value is -2.87. The van der Waals surface area contributed by atoms with E-state index in [0.29, 0.717) is 36.7 Å². The number of aryl methyl sites for hydroxylation is 1. The third-order valence-electron chi connectivity index (χ3n) is 5.04. The van der Waals surface area contributed by atoms with E-state index < -0.39 is 10.0 Å². The van der Waals surface area contributed by atoms with Crippen LogP contribution in [0.1, 0.15) is 39.7 Å². The molecule has 2 N–H and O–H groups in total. The summed E-state index contributed by atoms with van der Waals surface area (Å²) in [5.41, 5.74) is 2.79. The number of carbonyl (C=O) groups is 2. The Morgan fingerprint density at radius 1 is 1.00 bits per heavy atom. The number of rotatable bonds is 7. The van der Waals surface area contributed by atoms with E-state index >= 15 is 0 Å². The van der Waals surface area contributed by atoms with Crippen LogP contribution in [0.2, 0.25) is 0 Å². The molecule has 3 rings (SSSR count). The molecule has 166 valence electrons. The molecule has 2 aromatic carbocycles. The lowest BCUT2D eigenvalue weighted by molar-refractivity contribution is -0.119. The zero-order chi connectivity index (χ0) is 22.8. The molecule has 2 aromatic rings. The standard InChI is InChI=1S/C23H29N3O4S/c1-15(2)14-26-21-11-8-19(13-17(21)5-12-22(26)27)25-31(29,30)20-9-6-18(7-10-20)24-23(28)16(3)4/h6-11,13,15-16,25H,5,12,14H2,1-4H3,(H,24,28). The molecular weight excluding hydrogens is 414 g/mol. The third kappa shape index (κ3) is 5.44. The van der Waals surface area contributed by atoms with Crippen LogP contribution in [-0.2, 0) is 26.0 Å². The highest BCUT2D eigenvalue weighted by molar-refractivity contribution is 7.92. The molecule has 0 unspecified atom stereocenters. The van der Waals surface area contributed by atoms with Gasteiger partial charge >= 0.3 is 0 Å². The summed E-state index contributed by atoms with van der Waals surface area (Å²) < 4.78 is 28.2. The van der Waals surface area contributed by atoms with Gasteiger partial charge in [-0.05, 0) is 60.4 Å². The van der Waals surface area contributed by atoms with E-state index in [-0.39, 0.29) is 22.6 Å². The fourth-order valence-corrected chi connectivity index (χ4v) is 4.46. The second kappa shape index (κ2) is 9.09. The van der Waals surface area contributed by atoms with Crippen LogP contribution in [0.15, 0.2) is 47.4 Å². The maximum Gasteiger partial charge on any atom is 0.261 e. The van der Waals surface area contributed by atoms with Gasteiger partial charge in [0.15, 0.2) is 0 Å². The van der Waals surface area contributed by atoms with E-state index in [9.17, 15) is 18.0 Å². The smallest absolute Gasteiger partial charge is 0.261 e. The number of amides is 2. The molecule has 0 atom stereocenters. The molecule has 0 bridgehead atoms. The molecule has 8 heteroatoms. The van der Waals surface area contributed by atoms with Crippen molar-refractivity contribution in [1.29, 1.82) is 0 Å². The largest absolute Gasteiger partial charge is 0.326 e. The molecule has 0 aliphatic carbocycles. The van der Waals surface area contributed by atoms with Gasteiger partial charge in [0.1, 0.15) is 0 Å². The van der Waals surface area contributed by atoms with E-state index in [1.165, 1.54) is 12.1 Å². The highest BCUT2D eigenvalue weighted by atomic mass is 32.2. The predicted molar refractivity (Wildman–Crippen MR) is 123 cm³/mol. The number of anilines is 3. The molecule has 0 aromatic heterocycles. The minimum atomic E-state index is -3.79. The number of hydrogen-bond donors (Lipinski definition) is 2. The van der Waals surface area contributed by atoms with Crippen molar-refractivity contribution in [3.05, 3.63) is 48.0 Å². The van der Waals surface area contributed by atoms with Crippen LogP contribution in [0.5, 0.6) is 0 Å². The van der Waals surface area contributed by atoms with Gasteiger partial charge in [-0.2, -0.15) is 0 Å². The van der Waals surface area contributed by atoms with Crippen molar-refractivity contribution in [1.82, 2.24) is 0 Å². The fraction of sp³-hybridized carbons (Fsp3) is 0.391. The summed E-state index contributed by atoms with van der Waals surface area (Å²) in [5.74, 6) is 0.133. The molecule has 7 nitrogen and oxygen atoms in total. The summed E-state index contributed by atoms with van der Waals surface area (Å²) in [7, 11) is -3.79. The lowest BCUT2D eigenvalue weighted by atomic mass is 9.99. The number of fused-ring (bicyclic) bond motifs is 1. The van der Waals surface area contributed by atoms with E-state index in [2.05, 4.69) is 23.9 Å². The average Bonchev–Trinajstić information content (AvgIpc) is 2.70. The first-order chi connectivity index (χ1) is 14.6. The highest BCUT2D eigenvalue weighted by Gasteiger charge is 2.25. The molecule has 1 aliphatic rings. The van der Waals surface area contributed by atoms with Crippen LogP contribution in [-0.4, -0.2) is 26.8 Å². The van der Waals surface area contributed by atoms with Crippen molar-refractivity contribution in [3.8, 4) is 0 Å². The van der Waals surface area contributed by atoms with Crippen LogP contribution in [0, 0.1) is 11.8 Å². The van der Waals surface area contributed by atoms with Gasteiger partial charge in [0.25, 0.3) is 10.0 Å². The Bertz CT molecular complexity index is 1080. The third-order valence-corrected chi connectivity index (χ3v) is 6.43. The Balaban J connectivity index is 1.77. The molecule has 0 spiro atoms. The zero-order valence-electron chi connectivity index (χ0n) is 18.3. The van der Waals surface area contributed by atoms with Gasteiger partial charge in [-0.25, -0.2) is 8.42 Å². The fourth-order valence-electron chi connectivity index (χ4n) is 3.41. The minimum absolute atomic E-state index is 0.0965. The molecule has 1 heterocycles. The van der Waals surface area contributed by atoms with Gasteiger partial charge in [0, 0.05) is 35.9 Å². The summed E-state index contributed by atoms with van der Waals surface area (Å²) >= 11 is 0. The maximum atomic E-state index is 12.8. The van der Waals surface area contributed by atoms with Crippen LogP contribution in [0.4, 0.5) is 17.1 Å². The number of sulfonamides is 1. The Morgan fingerprint density at radius 2 is 1.65 bits per heavy atom. The number of hydrogen-bond acceptors (Lipinski definition) is 4. The first-order valence-corrected chi connectivity index (χ1v) is 11.9. The SMILES string of the molecule is CC(C)CN1C(=O)CCc2cc(NS(=O)(=O)c3ccc(NC(=O)C(C)C)cc3)ccc21. The quantitative estimate of drug-likeness (QED) is 0.676. The number of benzene rings is 2. The van der Waals surface area contributed by atoms with E-state index in [1.807, 2.05) is 0 Å². The van der Waals surface area contributed by atoms with Gasteiger partial charge in [-0.3, -0.25) is 14.3 Å². The predicted octanol–water partition coefficient (Wildman–Crippen LogP) is 4.02. The first-order valence-electron chi connectivity index (χ1n) is 10.4. The molecular formula is C23H29N3O4S. The number of nitrogens with zero attached hydrogens (tertiary/aromatic N) is 1. The van der Waals surface area contributed by atoms with Crippen LogP contribution >= 0.6 is 0 Å². The Morgan fingerprint density at radius 3 is 2.26 bits per heavy atom. The second-order valence-corrected chi connectivity index (χ2v) is 10.2. The van der Waals surface area contributed by atoms with Gasteiger partial charge < -0.3 is 10.2 Å². The van der Waals surface area contributed by atoms with Crippen molar-refractivity contribution < 1.29 is 18.0 Å². The van der Waals surface area contributed by atoms with Crippen molar-refractivity contribution in [2.75, 3.05) is 21.5 Å². The van der Waals surface area contributed by atoms with Gasteiger partial charge in [0.2, 0.25) is 11.8 Å². The van der Waals surface area contributed by atoms with E-state index in [0.717, 1.165) is 11.3 Å². The summed E-state index contributed by atoms with van der Waals surface area (Å²) in [6.45, 7) is 8.33. The molecule has 0 saturated carbocycles. The summed E-state index contributed by atoms with van der Waals surface area (Å²) in [6.07, 6.45) is 1.00. The van der Waals surface area contributed by atoms with Crippen LogP contribution in [0.25, 0.3) is 0 Å².